The summed E-state index contributed by atoms with van der Waals surface area (Å²) in [7, 11) is 1.38. The normalized spacial score (nSPS) is 18.2. The van der Waals surface area contributed by atoms with Crippen LogP contribution in [0.25, 0.3) is 0 Å². The first-order valence-electron chi connectivity index (χ1n) is 10.2. The summed E-state index contributed by atoms with van der Waals surface area (Å²) < 4.78 is 24.8. The average Bonchev–Trinajstić information content (AvgIpc) is 3.16. The molecule has 33 heavy (non-hydrogen) atoms. The van der Waals surface area contributed by atoms with Crippen LogP contribution in [0.3, 0.4) is 0 Å². The van der Waals surface area contributed by atoms with Crippen molar-refractivity contribution in [2.24, 2.45) is 0 Å². The van der Waals surface area contributed by atoms with Gasteiger partial charge in [0.25, 0.3) is 5.91 Å². The molecule has 0 aromatic heterocycles. The second-order valence-corrected chi connectivity index (χ2v) is 7.86. The molecule has 0 spiro atoms. The molecule has 1 aromatic rings. The Balaban J connectivity index is 1.56. The molecule has 2 aliphatic heterocycles. The number of thiol groups is 1. The van der Waals surface area contributed by atoms with E-state index < -0.39 is 29.2 Å². The molecule has 0 unspecified atom stereocenters. The van der Waals surface area contributed by atoms with Crippen molar-refractivity contribution >= 4 is 47.2 Å². The van der Waals surface area contributed by atoms with Gasteiger partial charge in [-0.3, -0.25) is 24.1 Å². The maximum atomic E-state index is 14.9. The molecular formula is C20H25FN4O7S. The largest absolute Gasteiger partial charge is 0.456 e. The van der Waals surface area contributed by atoms with Crippen LogP contribution in [0.4, 0.5) is 25.4 Å². The van der Waals surface area contributed by atoms with Crippen LogP contribution < -0.4 is 9.80 Å². The van der Waals surface area contributed by atoms with Crippen LogP contribution in [0.1, 0.15) is 6.92 Å². The van der Waals surface area contributed by atoms with Gasteiger partial charge in [-0.25, -0.2) is 14.2 Å². The lowest BCUT2D eigenvalue weighted by molar-refractivity contribution is -0.150. The molecule has 2 saturated heterocycles. The lowest BCUT2D eigenvalue weighted by Gasteiger charge is -2.36. The highest BCUT2D eigenvalue weighted by atomic mass is 32.1. The minimum Gasteiger partial charge on any atom is -0.456 e. The number of cyclic esters (lactones) is 1. The highest BCUT2D eigenvalue weighted by molar-refractivity contribution is 7.96. The van der Waals surface area contributed by atoms with Crippen molar-refractivity contribution < 1.29 is 37.9 Å². The lowest BCUT2D eigenvalue weighted by Crippen LogP contribution is -2.50. The molecule has 180 valence electrons. The summed E-state index contributed by atoms with van der Waals surface area (Å²) in [6.45, 7) is 2.56. The van der Waals surface area contributed by atoms with Gasteiger partial charge in [0.2, 0.25) is 0 Å². The van der Waals surface area contributed by atoms with Crippen LogP contribution in [-0.4, -0.2) is 92.3 Å². The van der Waals surface area contributed by atoms with Crippen molar-refractivity contribution in [2.45, 2.75) is 13.0 Å². The van der Waals surface area contributed by atoms with Gasteiger partial charge in [-0.15, -0.1) is 0 Å². The molecule has 2 aliphatic rings. The van der Waals surface area contributed by atoms with Gasteiger partial charge in [-0.05, 0) is 18.2 Å². The zero-order valence-electron chi connectivity index (χ0n) is 18.2. The van der Waals surface area contributed by atoms with Crippen LogP contribution in [0.2, 0.25) is 0 Å². The number of anilines is 2. The maximum absolute atomic E-state index is 14.9. The van der Waals surface area contributed by atoms with E-state index in [0.717, 1.165) is 5.06 Å². The van der Waals surface area contributed by atoms with Gasteiger partial charge in [-0.2, -0.15) is 0 Å². The summed E-state index contributed by atoms with van der Waals surface area (Å²) in [6.07, 6.45) is -1.27. The van der Waals surface area contributed by atoms with Crippen LogP contribution in [-0.2, 0) is 23.9 Å². The Labute approximate surface area is 195 Å². The average molecular weight is 485 g/mol. The number of rotatable bonds is 7. The summed E-state index contributed by atoms with van der Waals surface area (Å²) in [5.41, 5.74) is 0.685. The Morgan fingerprint density at radius 1 is 1.24 bits per heavy atom. The third-order valence-corrected chi connectivity index (χ3v) is 5.49. The predicted molar refractivity (Wildman–Crippen MR) is 118 cm³/mol. The number of ether oxygens (including phenoxy) is 2. The Hall–Kier alpha value is -3.06. The highest BCUT2D eigenvalue weighted by Gasteiger charge is 2.34. The summed E-state index contributed by atoms with van der Waals surface area (Å²) in [5, 5.41) is 0.320. The van der Waals surface area contributed by atoms with Gasteiger partial charge < -0.3 is 19.3 Å². The van der Waals surface area contributed by atoms with E-state index >= 15 is 0 Å². The molecule has 1 atom stereocenters. The first kappa shape index (κ1) is 24.6. The van der Waals surface area contributed by atoms with Crippen molar-refractivity contribution in [3.8, 4) is 0 Å². The third-order valence-electron chi connectivity index (χ3n) is 5.21. The first-order valence-corrected chi connectivity index (χ1v) is 10.6. The van der Waals surface area contributed by atoms with Crippen LogP contribution >= 0.6 is 12.6 Å². The van der Waals surface area contributed by atoms with Crippen LogP contribution in [0, 0.1) is 5.82 Å². The molecule has 13 heteroatoms. The second-order valence-electron chi connectivity index (χ2n) is 7.48. The van der Waals surface area contributed by atoms with E-state index in [1.165, 1.54) is 24.9 Å². The number of benzene rings is 1. The molecule has 2 fully saturated rings. The molecule has 0 radical (unpaired) electrons. The molecular weight excluding hydrogens is 459 g/mol. The summed E-state index contributed by atoms with van der Waals surface area (Å²) in [4.78, 5) is 56.0. The predicted octanol–water partition coefficient (Wildman–Crippen LogP) is 1.28. The lowest BCUT2D eigenvalue weighted by atomic mass is 10.2. The molecule has 0 N–H and O–H groups in total. The van der Waals surface area contributed by atoms with E-state index in [1.54, 1.807) is 21.9 Å². The SMILES string of the molecule is CC(=O)OCC(=O)N1CCN(c2ccc(N3C[C@@H](CON(C)C(=O)S)OC3=O)cc2F)CC1. The summed E-state index contributed by atoms with van der Waals surface area (Å²) in [5.74, 6) is -1.33. The number of carbonyl (C=O) groups is 4. The van der Waals surface area contributed by atoms with E-state index in [2.05, 4.69) is 12.6 Å². The zero-order chi connectivity index (χ0) is 24.1. The molecule has 0 saturated carbocycles. The smallest absolute Gasteiger partial charge is 0.414 e. The molecule has 2 heterocycles. The quantitative estimate of drug-likeness (QED) is 0.350. The van der Waals surface area contributed by atoms with E-state index in [4.69, 9.17) is 14.3 Å². The Bertz CT molecular complexity index is 926. The number of halogens is 1. The van der Waals surface area contributed by atoms with Gasteiger partial charge in [-0.1, -0.05) is 12.6 Å². The number of hydrogen-bond acceptors (Lipinski definition) is 8. The summed E-state index contributed by atoms with van der Waals surface area (Å²) in [6, 6.07) is 4.44. The van der Waals surface area contributed by atoms with Crippen LogP contribution in [0.15, 0.2) is 18.2 Å². The second kappa shape index (κ2) is 10.7. The molecule has 1 aromatic carbocycles. The van der Waals surface area contributed by atoms with Crippen LogP contribution in [0.5, 0.6) is 0 Å². The van der Waals surface area contributed by atoms with Crippen molar-refractivity contribution in [1.82, 2.24) is 9.96 Å². The van der Waals surface area contributed by atoms with Crippen molar-refractivity contribution in [2.75, 3.05) is 62.8 Å². The zero-order valence-corrected chi connectivity index (χ0v) is 19.1. The molecule has 0 bridgehead atoms. The summed E-state index contributed by atoms with van der Waals surface area (Å²) >= 11 is 3.62. The molecule has 11 nitrogen and oxygen atoms in total. The number of esters is 1. The van der Waals surface area contributed by atoms with E-state index in [9.17, 15) is 23.6 Å². The van der Waals surface area contributed by atoms with Gasteiger partial charge in [0.05, 0.1) is 17.9 Å². The van der Waals surface area contributed by atoms with Gasteiger partial charge >= 0.3 is 17.3 Å². The maximum Gasteiger partial charge on any atom is 0.414 e. The van der Waals surface area contributed by atoms with Crippen molar-refractivity contribution in [3.05, 3.63) is 24.0 Å². The van der Waals surface area contributed by atoms with Crippen molar-refractivity contribution in [1.29, 1.82) is 0 Å². The number of amides is 3. The number of hydroxylamine groups is 2. The fourth-order valence-corrected chi connectivity index (χ4v) is 3.50. The molecule has 3 amide bonds. The van der Waals surface area contributed by atoms with E-state index in [0.29, 0.717) is 37.6 Å². The Morgan fingerprint density at radius 2 is 1.94 bits per heavy atom. The Morgan fingerprint density at radius 3 is 2.55 bits per heavy atom. The van der Waals surface area contributed by atoms with Gasteiger partial charge in [0.1, 0.15) is 18.5 Å². The first-order chi connectivity index (χ1) is 15.7. The highest BCUT2D eigenvalue weighted by Crippen LogP contribution is 2.28. The number of hydrogen-bond donors (Lipinski definition) is 1. The fourth-order valence-electron chi connectivity index (χ4n) is 3.44. The topological polar surface area (TPSA) is 109 Å². The molecule has 3 rings (SSSR count). The Kier molecular flexibility index (Phi) is 7.97. The van der Waals surface area contributed by atoms with E-state index in [1.807, 2.05) is 0 Å². The number of piperazine rings is 1. The van der Waals surface area contributed by atoms with Gasteiger partial charge in [0, 0.05) is 40.2 Å². The van der Waals surface area contributed by atoms with Gasteiger partial charge in [0.15, 0.2) is 6.61 Å². The van der Waals surface area contributed by atoms with E-state index in [-0.39, 0.29) is 25.7 Å². The third kappa shape index (κ3) is 6.26. The minimum absolute atomic E-state index is 0.0495. The molecule has 0 aliphatic carbocycles. The minimum atomic E-state index is -0.643. The van der Waals surface area contributed by atoms with Crippen molar-refractivity contribution in [3.63, 3.8) is 0 Å². The fraction of sp³-hybridized carbons (Fsp3) is 0.500. The number of carbonyl (C=O) groups excluding carboxylic acids is 4. The number of nitrogens with zero attached hydrogens (tertiary/aromatic N) is 4. The monoisotopic (exact) mass is 484 g/mol. The standard InChI is InChI=1S/C20H25FN4O7S/c1-13(26)30-12-18(27)24-7-5-23(6-8-24)17-4-3-14(9-16(17)21)25-10-15(32-19(25)28)11-31-22(2)20(29)33/h3-4,9,15H,5-8,10-12H2,1-2H3,(H,29,33)/t15-/m0/s1.